The third-order valence-corrected chi connectivity index (χ3v) is 3.52. The lowest BCUT2D eigenvalue weighted by molar-refractivity contribution is 0.404. The monoisotopic (exact) mass is 234 g/mol. The van der Waals surface area contributed by atoms with Crippen LogP contribution >= 0.6 is 0 Å². The minimum absolute atomic E-state index is 0.747. The highest BCUT2D eigenvalue weighted by molar-refractivity contribution is 5.48. The number of nitrogens with one attached hydrogen (secondary N) is 1. The summed E-state index contributed by atoms with van der Waals surface area (Å²) in [4.78, 5) is 0. The molecule has 1 aromatic rings. The summed E-state index contributed by atoms with van der Waals surface area (Å²) in [7, 11) is 1.69. The van der Waals surface area contributed by atoms with Crippen molar-refractivity contribution in [2.45, 2.75) is 26.3 Å². The van der Waals surface area contributed by atoms with Gasteiger partial charge in [-0.2, -0.15) is 0 Å². The fraction of sp³-hybridized carbons (Fsp3) is 0.571. The molecule has 0 aliphatic heterocycles. The van der Waals surface area contributed by atoms with Gasteiger partial charge in [-0.15, -0.1) is 0 Å². The zero-order valence-electron chi connectivity index (χ0n) is 10.7. The maximum absolute atomic E-state index is 5.73. The second-order valence-electron chi connectivity index (χ2n) is 5.02. The summed E-state index contributed by atoms with van der Waals surface area (Å²) in [5.41, 5.74) is 7.65. The van der Waals surface area contributed by atoms with Gasteiger partial charge in [-0.3, -0.25) is 0 Å². The average Bonchev–Trinajstić information content (AvgIpc) is 3.14. The first-order valence-corrected chi connectivity index (χ1v) is 6.34. The van der Waals surface area contributed by atoms with Crippen LogP contribution in [-0.2, 0) is 6.54 Å². The number of nitrogens with two attached hydrogens (primary N) is 1. The number of hydrogen-bond donors (Lipinski definition) is 2. The van der Waals surface area contributed by atoms with Crippen LogP contribution in [0.5, 0.6) is 5.75 Å². The topological polar surface area (TPSA) is 47.3 Å². The van der Waals surface area contributed by atoms with Gasteiger partial charge in [-0.25, -0.2) is 0 Å². The number of anilines is 1. The lowest BCUT2D eigenvalue weighted by atomic mass is 10.1. The Kier molecular flexibility index (Phi) is 3.89. The van der Waals surface area contributed by atoms with E-state index < -0.39 is 0 Å². The van der Waals surface area contributed by atoms with E-state index in [4.69, 9.17) is 10.5 Å². The van der Waals surface area contributed by atoms with Crippen molar-refractivity contribution in [3.8, 4) is 5.75 Å². The lowest BCUT2D eigenvalue weighted by Crippen LogP contribution is -2.22. The summed E-state index contributed by atoms with van der Waals surface area (Å²) in [6, 6.07) is 5.83. The van der Waals surface area contributed by atoms with Gasteiger partial charge in [-0.05, 0) is 37.3 Å². The van der Waals surface area contributed by atoms with Crippen molar-refractivity contribution in [1.29, 1.82) is 0 Å². The smallest absolute Gasteiger partial charge is 0.125 e. The molecule has 17 heavy (non-hydrogen) atoms. The van der Waals surface area contributed by atoms with Crippen molar-refractivity contribution < 1.29 is 4.74 Å². The summed E-state index contributed by atoms with van der Waals surface area (Å²) in [5, 5.41) is 3.50. The molecular weight excluding hydrogens is 212 g/mol. The van der Waals surface area contributed by atoms with Crippen LogP contribution in [0.4, 0.5) is 5.69 Å². The molecule has 0 spiro atoms. The maximum atomic E-state index is 5.73. The van der Waals surface area contributed by atoms with Crippen molar-refractivity contribution in [2.24, 2.45) is 11.8 Å². The molecular formula is C14H22N2O. The van der Waals surface area contributed by atoms with Crippen LogP contribution in [0.3, 0.4) is 0 Å². The van der Waals surface area contributed by atoms with E-state index in [0.29, 0.717) is 0 Å². The largest absolute Gasteiger partial charge is 0.496 e. The first kappa shape index (κ1) is 12.2. The van der Waals surface area contributed by atoms with Gasteiger partial charge in [-0.1, -0.05) is 13.0 Å². The molecule has 0 saturated heterocycles. The highest BCUT2D eigenvalue weighted by Gasteiger charge is 2.27. The van der Waals surface area contributed by atoms with Crippen molar-refractivity contribution in [1.82, 2.24) is 5.32 Å². The van der Waals surface area contributed by atoms with E-state index in [0.717, 1.165) is 36.4 Å². The Balaban J connectivity index is 1.85. The molecule has 3 nitrogen and oxygen atoms in total. The maximum Gasteiger partial charge on any atom is 0.125 e. The highest BCUT2D eigenvalue weighted by Crippen LogP contribution is 2.36. The van der Waals surface area contributed by atoms with Crippen molar-refractivity contribution in [3.63, 3.8) is 0 Å². The molecule has 0 bridgehead atoms. The molecule has 0 radical (unpaired) electrons. The third-order valence-electron chi connectivity index (χ3n) is 3.52. The fourth-order valence-corrected chi connectivity index (χ4v) is 2.17. The van der Waals surface area contributed by atoms with Crippen LogP contribution in [0.15, 0.2) is 18.2 Å². The zero-order chi connectivity index (χ0) is 12.3. The molecule has 0 amide bonds. The van der Waals surface area contributed by atoms with E-state index in [2.05, 4.69) is 12.2 Å². The number of rotatable bonds is 6. The van der Waals surface area contributed by atoms with E-state index in [1.54, 1.807) is 7.11 Å². The van der Waals surface area contributed by atoms with E-state index >= 15 is 0 Å². The predicted octanol–water partition coefficient (Wildman–Crippen LogP) is 2.41. The highest BCUT2D eigenvalue weighted by atomic mass is 16.5. The number of benzene rings is 1. The molecule has 1 unspecified atom stereocenters. The van der Waals surface area contributed by atoms with Gasteiger partial charge in [0.05, 0.1) is 7.11 Å². The molecule has 1 atom stereocenters. The minimum Gasteiger partial charge on any atom is -0.496 e. The second-order valence-corrected chi connectivity index (χ2v) is 5.02. The van der Waals surface area contributed by atoms with Gasteiger partial charge in [0, 0.05) is 23.9 Å². The van der Waals surface area contributed by atoms with E-state index in [1.165, 1.54) is 18.4 Å². The SMILES string of the molecule is COc1cc(N)ccc1CNCC(C)C1CC1. The number of ether oxygens (including phenoxy) is 1. The minimum atomic E-state index is 0.747. The zero-order valence-corrected chi connectivity index (χ0v) is 10.7. The van der Waals surface area contributed by atoms with Gasteiger partial charge in [0.25, 0.3) is 0 Å². The van der Waals surface area contributed by atoms with Gasteiger partial charge in [0.15, 0.2) is 0 Å². The lowest BCUT2D eigenvalue weighted by Gasteiger charge is -2.13. The van der Waals surface area contributed by atoms with Gasteiger partial charge < -0.3 is 15.8 Å². The Morgan fingerprint density at radius 1 is 1.47 bits per heavy atom. The average molecular weight is 234 g/mol. The van der Waals surface area contributed by atoms with Crippen molar-refractivity contribution in [2.75, 3.05) is 19.4 Å². The molecule has 3 N–H and O–H groups in total. The van der Waals surface area contributed by atoms with Crippen LogP contribution in [0.2, 0.25) is 0 Å². The Labute approximate surface area is 103 Å². The Hall–Kier alpha value is -1.22. The Bertz CT molecular complexity index is 374. The number of hydrogen-bond acceptors (Lipinski definition) is 3. The Morgan fingerprint density at radius 3 is 2.88 bits per heavy atom. The molecule has 1 aromatic carbocycles. The first-order valence-electron chi connectivity index (χ1n) is 6.34. The quantitative estimate of drug-likeness (QED) is 0.743. The van der Waals surface area contributed by atoms with Gasteiger partial charge in [0.2, 0.25) is 0 Å². The predicted molar refractivity (Wildman–Crippen MR) is 71.0 cm³/mol. The first-order chi connectivity index (χ1) is 8.20. The molecule has 94 valence electrons. The number of nitrogen functional groups attached to an aromatic ring is 1. The van der Waals surface area contributed by atoms with Crippen molar-refractivity contribution >= 4 is 5.69 Å². The molecule has 3 heteroatoms. The van der Waals surface area contributed by atoms with E-state index in [-0.39, 0.29) is 0 Å². The molecule has 0 heterocycles. The van der Waals surface area contributed by atoms with E-state index in [1.807, 2.05) is 18.2 Å². The molecule has 1 saturated carbocycles. The molecule has 2 rings (SSSR count). The molecule has 1 aliphatic carbocycles. The van der Waals surface area contributed by atoms with E-state index in [9.17, 15) is 0 Å². The summed E-state index contributed by atoms with van der Waals surface area (Å²) in [5.74, 6) is 2.61. The van der Waals surface area contributed by atoms with Crippen LogP contribution in [0, 0.1) is 11.8 Å². The van der Waals surface area contributed by atoms with Crippen LogP contribution in [0.25, 0.3) is 0 Å². The second kappa shape index (κ2) is 5.41. The van der Waals surface area contributed by atoms with Crippen LogP contribution < -0.4 is 15.8 Å². The normalized spacial score (nSPS) is 16.8. The standard InChI is InChI=1S/C14H22N2O/c1-10(11-3-4-11)8-16-9-12-5-6-13(15)7-14(12)17-2/h5-7,10-11,16H,3-4,8-9,15H2,1-2H3. The van der Waals surface area contributed by atoms with Crippen LogP contribution in [0.1, 0.15) is 25.3 Å². The number of methoxy groups -OCH3 is 1. The summed E-state index contributed by atoms with van der Waals surface area (Å²) in [6.45, 7) is 4.25. The summed E-state index contributed by atoms with van der Waals surface area (Å²) < 4.78 is 5.32. The molecule has 1 aliphatic rings. The fourth-order valence-electron chi connectivity index (χ4n) is 2.17. The van der Waals surface area contributed by atoms with Gasteiger partial charge in [0.1, 0.15) is 5.75 Å². The Morgan fingerprint density at radius 2 is 2.24 bits per heavy atom. The van der Waals surface area contributed by atoms with Gasteiger partial charge >= 0.3 is 0 Å². The molecule has 1 fully saturated rings. The summed E-state index contributed by atoms with van der Waals surface area (Å²) in [6.07, 6.45) is 2.82. The summed E-state index contributed by atoms with van der Waals surface area (Å²) >= 11 is 0. The van der Waals surface area contributed by atoms with Crippen molar-refractivity contribution in [3.05, 3.63) is 23.8 Å². The van der Waals surface area contributed by atoms with Crippen LogP contribution in [-0.4, -0.2) is 13.7 Å². The molecule has 0 aromatic heterocycles. The third kappa shape index (κ3) is 3.37.